The minimum absolute atomic E-state index is 0.564. The Kier molecular flexibility index (Phi) is 14.2. The van der Waals surface area contributed by atoms with Gasteiger partial charge in [0.1, 0.15) is 42.7 Å². The minimum atomic E-state index is -5.34. The van der Waals surface area contributed by atoms with Gasteiger partial charge in [0.25, 0.3) is 0 Å². The highest BCUT2D eigenvalue weighted by Crippen LogP contribution is 2.33. The van der Waals surface area contributed by atoms with Gasteiger partial charge < -0.3 is 54.3 Å². The van der Waals surface area contributed by atoms with Gasteiger partial charge in [0.05, 0.1) is 45.2 Å². The monoisotopic (exact) mass is 780 g/mol. The first-order valence-electron chi connectivity index (χ1n) is 13.9. The van der Waals surface area contributed by atoms with E-state index >= 15 is 0 Å². The van der Waals surface area contributed by atoms with E-state index < -0.39 is 155 Å². The summed E-state index contributed by atoms with van der Waals surface area (Å²) in [5.74, 6) is -4.84. The smallest absolute Gasteiger partial charge is 0.397 e. The van der Waals surface area contributed by atoms with Crippen molar-refractivity contribution in [1.82, 2.24) is 0 Å². The summed E-state index contributed by atoms with van der Waals surface area (Å²) in [5.41, 5.74) is 0. The molecule has 0 saturated carbocycles. The second-order valence-electron chi connectivity index (χ2n) is 11.0. The predicted octanol–water partition coefficient (Wildman–Crippen LogP) is -5.24. The quantitative estimate of drug-likeness (QED) is 0.0661. The molecule has 24 nitrogen and oxygen atoms in total. The van der Waals surface area contributed by atoms with E-state index in [2.05, 4.69) is 12.5 Å². The highest BCUT2D eigenvalue weighted by molar-refractivity contribution is 7.81. The summed E-state index contributed by atoms with van der Waals surface area (Å²) in [6.07, 6.45) is -18.5. The number of rotatable bonds is 16. The minimum Gasteiger partial charge on any atom is -0.478 e. The summed E-state index contributed by atoms with van der Waals surface area (Å²) in [4.78, 5) is 11.3. The Bertz CT molecular complexity index is 1480. The Morgan fingerprint density at radius 1 is 0.694 bits per heavy atom. The molecular weight excluding hydrogens is 744 g/mol. The molecule has 13 atom stereocenters. The Balaban J connectivity index is 1.76. The van der Waals surface area contributed by atoms with Gasteiger partial charge in [0.2, 0.25) is 5.76 Å². The van der Waals surface area contributed by atoms with Crippen molar-refractivity contribution < 1.29 is 111 Å². The zero-order valence-electron chi connectivity index (χ0n) is 25.0. The van der Waals surface area contributed by atoms with Crippen molar-refractivity contribution >= 4 is 37.2 Å². The number of carbonyl (C=O) groups is 1. The molecule has 9 N–H and O–H groups in total. The normalized spacial score (nSPS) is 37.7. The number of aliphatic hydroxyl groups is 5. The van der Waals surface area contributed by atoms with E-state index in [1.807, 2.05) is 0 Å². The molecule has 3 aliphatic heterocycles. The van der Waals surface area contributed by atoms with Gasteiger partial charge in [-0.1, -0.05) is 0 Å². The molecule has 49 heavy (non-hydrogen) atoms. The number of aliphatic carboxylic acids is 1. The number of hydrogen-bond acceptors (Lipinski definition) is 20. The van der Waals surface area contributed by atoms with E-state index in [-0.39, 0.29) is 0 Å². The molecule has 0 aromatic rings. The van der Waals surface area contributed by atoms with Gasteiger partial charge in [-0.15, -0.1) is 0 Å². The molecule has 2 saturated heterocycles. The van der Waals surface area contributed by atoms with E-state index in [0.717, 1.165) is 13.0 Å². The van der Waals surface area contributed by atoms with Crippen molar-refractivity contribution in [2.24, 2.45) is 11.8 Å². The van der Waals surface area contributed by atoms with Crippen molar-refractivity contribution in [1.29, 1.82) is 0 Å². The molecule has 2 fully saturated rings. The largest absolute Gasteiger partial charge is 0.478 e. The fourth-order valence-corrected chi connectivity index (χ4v) is 6.62. The number of carboxylic acid groups (broad SMARTS) is 1. The highest BCUT2D eigenvalue weighted by Gasteiger charge is 2.50. The molecular formula is C22H36O24S3. The second-order valence-corrected chi connectivity index (χ2v) is 14.2. The summed E-state index contributed by atoms with van der Waals surface area (Å²) in [5, 5.41) is 61.5. The first-order valence-corrected chi connectivity index (χ1v) is 18.0. The molecule has 0 aromatic heterocycles. The van der Waals surface area contributed by atoms with E-state index in [1.54, 1.807) is 0 Å². The maximum Gasteiger partial charge on any atom is 0.397 e. The van der Waals surface area contributed by atoms with Crippen LogP contribution in [0.5, 0.6) is 0 Å². The Morgan fingerprint density at radius 3 is 1.80 bits per heavy atom. The van der Waals surface area contributed by atoms with Gasteiger partial charge in [-0.3, -0.25) is 13.7 Å². The second kappa shape index (κ2) is 16.7. The lowest BCUT2D eigenvalue weighted by atomic mass is 9.83. The molecule has 0 aromatic carbocycles. The predicted molar refractivity (Wildman–Crippen MR) is 149 cm³/mol. The third-order valence-corrected chi connectivity index (χ3v) is 8.88. The lowest BCUT2D eigenvalue weighted by Crippen LogP contribution is -2.60. The Hall–Kier alpha value is -1.74. The molecule has 0 radical (unpaired) electrons. The van der Waals surface area contributed by atoms with Crippen molar-refractivity contribution in [3.8, 4) is 0 Å². The molecule has 3 aliphatic rings. The lowest BCUT2D eigenvalue weighted by Gasteiger charge is -2.44. The number of hydrogen-bond donors (Lipinski definition) is 9. The summed E-state index contributed by atoms with van der Waals surface area (Å²) in [7, 11) is -15.6. The average Bonchev–Trinajstić information content (AvgIpc) is 2.95. The zero-order chi connectivity index (χ0) is 37.1. The molecule has 0 spiro atoms. The topological polar surface area (TPSA) is 375 Å². The molecule has 27 heteroatoms. The van der Waals surface area contributed by atoms with E-state index in [0.29, 0.717) is 0 Å². The van der Waals surface area contributed by atoms with E-state index in [9.17, 15) is 60.1 Å². The van der Waals surface area contributed by atoms with Crippen LogP contribution in [-0.4, -0.2) is 176 Å². The number of aliphatic hydroxyl groups excluding tert-OH is 5. The Morgan fingerprint density at radius 2 is 1.24 bits per heavy atom. The van der Waals surface area contributed by atoms with Crippen LogP contribution in [0, 0.1) is 11.8 Å². The number of carboxylic acids is 1. The first kappa shape index (κ1) is 41.7. The van der Waals surface area contributed by atoms with Gasteiger partial charge in [0, 0.05) is 11.8 Å². The maximum atomic E-state index is 11.5. The van der Waals surface area contributed by atoms with E-state index in [1.165, 1.54) is 0 Å². The third-order valence-electron chi connectivity index (χ3n) is 7.52. The standard InChI is InChI=1S/C22H36O24S3/c1-8-19(45-48(33,34)35)18(26)20(46-49(36,37)38)15(42-8)6-39-3-9-10(22(29)44-14(16(9)24)7-41-47(30,31)32)4-40-5-13-17(25)11(23)2-12(43-13)21(27)28/h2,8-11,13-20,22-26,29H,3-7H2,1H3,(H,27,28)(H,30,31,32)(H,33,34,35)(H,36,37,38)/t8?,9-,10?,11+,13-,14?,15-,16-,17?,18-,19-,20?,22?/m0/s1. The molecule has 0 aliphatic carbocycles. The van der Waals surface area contributed by atoms with Crippen LogP contribution < -0.4 is 0 Å². The van der Waals surface area contributed by atoms with Gasteiger partial charge in [0.15, 0.2) is 12.4 Å². The first-order chi connectivity index (χ1) is 22.5. The maximum absolute atomic E-state index is 11.5. The summed E-state index contributed by atoms with van der Waals surface area (Å²) < 4.78 is 134. The van der Waals surface area contributed by atoms with Crippen LogP contribution in [0.25, 0.3) is 0 Å². The molecule has 3 rings (SSSR count). The molecule has 0 amide bonds. The van der Waals surface area contributed by atoms with Gasteiger partial charge >= 0.3 is 37.2 Å². The lowest BCUT2D eigenvalue weighted by molar-refractivity contribution is -0.272. The Labute approximate surface area is 278 Å². The summed E-state index contributed by atoms with van der Waals surface area (Å²) >= 11 is 0. The third kappa shape index (κ3) is 12.2. The summed E-state index contributed by atoms with van der Waals surface area (Å²) in [6, 6.07) is 0. The van der Waals surface area contributed by atoms with Crippen molar-refractivity contribution in [3.05, 3.63) is 11.8 Å². The highest BCUT2D eigenvalue weighted by atomic mass is 32.3. The van der Waals surface area contributed by atoms with Crippen LogP contribution in [0.3, 0.4) is 0 Å². The van der Waals surface area contributed by atoms with Gasteiger partial charge in [-0.05, 0) is 13.0 Å². The van der Waals surface area contributed by atoms with Crippen molar-refractivity contribution in [3.63, 3.8) is 0 Å². The molecule has 6 unspecified atom stereocenters. The van der Waals surface area contributed by atoms with Crippen LogP contribution in [0.15, 0.2) is 11.8 Å². The number of ether oxygens (including phenoxy) is 5. The summed E-state index contributed by atoms with van der Waals surface area (Å²) in [6.45, 7) is -2.39. The molecule has 3 heterocycles. The van der Waals surface area contributed by atoms with Crippen LogP contribution in [0.1, 0.15) is 6.92 Å². The fourth-order valence-electron chi connectivity index (χ4n) is 5.24. The SMILES string of the molecule is CC1O[C@@H](COC[C@H]2C(COC[C@@H]3OC(C(=O)O)=C[C@@H](O)C3O)C(O)OC(COS(=O)(=O)O)[C@H]2O)C(OS(=O)(=O)O)[C@@H](O)[C@H]1OS(=O)(=O)O. The van der Waals surface area contributed by atoms with Crippen LogP contribution >= 0.6 is 0 Å². The van der Waals surface area contributed by atoms with Crippen molar-refractivity contribution in [2.75, 3.05) is 33.0 Å². The van der Waals surface area contributed by atoms with Crippen LogP contribution in [0.4, 0.5) is 0 Å². The zero-order valence-corrected chi connectivity index (χ0v) is 27.4. The van der Waals surface area contributed by atoms with E-state index in [4.69, 9.17) is 37.9 Å². The molecule has 0 bridgehead atoms. The average molecular weight is 781 g/mol. The van der Waals surface area contributed by atoms with Crippen molar-refractivity contribution in [2.45, 2.75) is 74.3 Å². The van der Waals surface area contributed by atoms with Gasteiger partial charge in [-0.25, -0.2) is 17.3 Å². The van der Waals surface area contributed by atoms with Gasteiger partial charge in [-0.2, -0.15) is 25.3 Å². The fraction of sp³-hybridized carbons (Fsp3) is 0.864. The van der Waals surface area contributed by atoms with Crippen LogP contribution in [-0.2, 0) is 72.2 Å². The van der Waals surface area contributed by atoms with Crippen LogP contribution in [0.2, 0.25) is 0 Å². The molecule has 286 valence electrons.